The zero-order valence-corrected chi connectivity index (χ0v) is 7.16. The van der Waals surface area contributed by atoms with Crippen LogP contribution in [0.15, 0.2) is 12.3 Å². The average Bonchev–Trinajstić information content (AvgIpc) is 1.93. The lowest BCUT2D eigenvalue weighted by Crippen LogP contribution is -2.56. The molecule has 0 saturated carbocycles. The lowest BCUT2D eigenvalue weighted by molar-refractivity contribution is -0.131. The van der Waals surface area contributed by atoms with E-state index < -0.39 is 5.97 Å². The fourth-order valence-electron chi connectivity index (χ4n) is 1.19. The molecule has 12 heavy (non-hydrogen) atoms. The highest BCUT2D eigenvalue weighted by atomic mass is 16.4. The van der Waals surface area contributed by atoms with Gasteiger partial charge in [0.1, 0.15) is 0 Å². The number of carbonyl (C=O) groups is 1. The summed E-state index contributed by atoms with van der Waals surface area (Å²) in [6, 6.07) is 0.431. The van der Waals surface area contributed by atoms with Crippen LogP contribution in [0, 0.1) is 0 Å². The number of aliphatic carboxylic acids is 1. The van der Waals surface area contributed by atoms with Crippen LogP contribution in [-0.4, -0.2) is 41.7 Å². The number of likely N-dealkylation sites (N-methyl/N-ethyl adjacent to an activating group) is 1. The van der Waals surface area contributed by atoms with Gasteiger partial charge in [0.05, 0.1) is 6.04 Å². The molecular formula is C8H14N2O2. The van der Waals surface area contributed by atoms with E-state index in [2.05, 4.69) is 17.1 Å². The van der Waals surface area contributed by atoms with E-state index in [-0.39, 0.29) is 0 Å². The van der Waals surface area contributed by atoms with Gasteiger partial charge < -0.3 is 10.4 Å². The number of likely N-dealkylation sites (tertiary alicyclic amines) is 1. The lowest BCUT2D eigenvalue weighted by atomic mass is 10.1. The molecule has 0 aromatic heterocycles. The molecule has 0 spiro atoms. The first kappa shape index (κ1) is 9.06. The van der Waals surface area contributed by atoms with Crippen LogP contribution in [0.2, 0.25) is 0 Å². The van der Waals surface area contributed by atoms with Gasteiger partial charge in [-0.2, -0.15) is 0 Å². The number of carboxylic acids is 1. The van der Waals surface area contributed by atoms with Gasteiger partial charge in [0, 0.05) is 25.4 Å². The van der Waals surface area contributed by atoms with Gasteiger partial charge in [0.15, 0.2) is 0 Å². The summed E-state index contributed by atoms with van der Waals surface area (Å²) in [4.78, 5) is 12.4. The van der Waals surface area contributed by atoms with Crippen molar-refractivity contribution in [2.24, 2.45) is 0 Å². The average molecular weight is 170 g/mol. The first-order valence-electron chi connectivity index (χ1n) is 4.10. The number of carboxylic acid groups (broad SMARTS) is 1. The third-order valence-corrected chi connectivity index (χ3v) is 1.96. The Bertz CT molecular complexity index is 185. The molecule has 1 rings (SSSR count). The molecule has 4 heteroatoms. The van der Waals surface area contributed by atoms with E-state index in [1.54, 1.807) is 0 Å². The Morgan fingerprint density at radius 1 is 1.75 bits per heavy atom. The molecule has 1 saturated heterocycles. The highest BCUT2D eigenvalue weighted by Gasteiger charge is 2.23. The highest BCUT2D eigenvalue weighted by Crippen LogP contribution is 2.05. The van der Waals surface area contributed by atoms with Crippen molar-refractivity contribution in [1.82, 2.24) is 10.2 Å². The molecule has 68 valence electrons. The minimum Gasteiger partial charge on any atom is -0.478 e. The van der Waals surface area contributed by atoms with Gasteiger partial charge in [0.2, 0.25) is 0 Å². The van der Waals surface area contributed by atoms with Crippen LogP contribution in [0.5, 0.6) is 0 Å². The summed E-state index contributed by atoms with van der Waals surface area (Å²) in [5, 5.41) is 11.3. The number of nitrogens with one attached hydrogen (secondary N) is 1. The Morgan fingerprint density at radius 2 is 2.42 bits per heavy atom. The largest absolute Gasteiger partial charge is 0.478 e. The molecule has 1 heterocycles. The summed E-state index contributed by atoms with van der Waals surface area (Å²) < 4.78 is 0. The first-order chi connectivity index (χ1) is 5.72. The van der Waals surface area contributed by atoms with Crippen LogP contribution in [0.4, 0.5) is 0 Å². The summed E-state index contributed by atoms with van der Waals surface area (Å²) in [6.07, 6.45) is 2.62. The fourth-order valence-corrected chi connectivity index (χ4v) is 1.19. The van der Waals surface area contributed by atoms with Crippen molar-refractivity contribution in [3.8, 4) is 0 Å². The number of nitrogens with zero attached hydrogens (tertiary/aromatic N) is 1. The minimum absolute atomic E-state index is 0.431. The summed E-state index contributed by atoms with van der Waals surface area (Å²) in [5.41, 5.74) is 0. The fraction of sp³-hybridized carbons (Fsp3) is 0.625. The van der Waals surface area contributed by atoms with E-state index in [1.807, 2.05) is 0 Å². The van der Waals surface area contributed by atoms with Crippen LogP contribution >= 0.6 is 0 Å². The van der Waals surface area contributed by atoms with Gasteiger partial charge in [-0.15, -0.1) is 0 Å². The first-order valence-corrected chi connectivity index (χ1v) is 4.10. The molecule has 0 amide bonds. The Hall–Kier alpha value is -1.03. The van der Waals surface area contributed by atoms with Crippen LogP contribution in [0.1, 0.15) is 6.92 Å². The Balaban J connectivity index is 2.07. The zero-order valence-electron chi connectivity index (χ0n) is 7.16. The summed E-state index contributed by atoms with van der Waals surface area (Å²) in [5.74, 6) is -0.908. The predicted octanol–water partition coefficient (Wildman–Crippen LogP) is -0.122. The molecule has 0 aliphatic carbocycles. The van der Waals surface area contributed by atoms with E-state index in [9.17, 15) is 4.79 Å². The second-order valence-electron chi connectivity index (χ2n) is 2.89. The van der Waals surface area contributed by atoms with Crippen molar-refractivity contribution >= 4 is 5.97 Å². The van der Waals surface area contributed by atoms with Crippen molar-refractivity contribution in [3.05, 3.63) is 12.3 Å². The smallest absolute Gasteiger partial charge is 0.329 e. The second-order valence-corrected chi connectivity index (χ2v) is 2.89. The highest BCUT2D eigenvalue weighted by molar-refractivity contribution is 5.79. The molecule has 1 aliphatic heterocycles. The number of hydrogen-bond donors (Lipinski definition) is 2. The van der Waals surface area contributed by atoms with Crippen LogP contribution in [-0.2, 0) is 4.79 Å². The molecule has 0 radical (unpaired) electrons. The molecule has 2 N–H and O–H groups in total. The van der Waals surface area contributed by atoms with Crippen LogP contribution in [0.3, 0.4) is 0 Å². The van der Waals surface area contributed by atoms with E-state index >= 15 is 0 Å². The SMILES string of the molecule is CCN1CC(N/C=C/C(=O)O)C1. The monoisotopic (exact) mass is 170 g/mol. The lowest BCUT2D eigenvalue weighted by Gasteiger charge is -2.38. The van der Waals surface area contributed by atoms with Gasteiger partial charge in [-0.05, 0) is 6.54 Å². The maximum Gasteiger partial charge on any atom is 0.329 e. The van der Waals surface area contributed by atoms with Gasteiger partial charge in [-0.25, -0.2) is 4.79 Å². The predicted molar refractivity (Wildman–Crippen MR) is 45.8 cm³/mol. The zero-order chi connectivity index (χ0) is 8.97. The summed E-state index contributed by atoms with van der Waals surface area (Å²) in [6.45, 7) is 5.21. The maximum absolute atomic E-state index is 10.1. The maximum atomic E-state index is 10.1. The minimum atomic E-state index is -0.908. The van der Waals surface area contributed by atoms with Crippen molar-refractivity contribution in [2.45, 2.75) is 13.0 Å². The van der Waals surface area contributed by atoms with Gasteiger partial charge >= 0.3 is 5.97 Å². The molecule has 0 bridgehead atoms. The topological polar surface area (TPSA) is 52.6 Å². The van der Waals surface area contributed by atoms with Crippen molar-refractivity contribution in [3.63, 3.8) is 0 Å². The summed E-state index contributed by atoms with van der Waals surface area (Å²) in [7, 11) is 0. The Labute approximate surface area is 71.9 Å². The quantitative estimate of drug-likeness (QED) is 0.577. The Morgan fingerprint density at radius 3 is 2.92 bits per heavy atom. The van der Waals surface area contributed by atoms with Crippen molar-refractivity contribution < 1.29 is 9.90 Å². The van der Waals surface area contributed by atoms with E-state index in [0.29, 0.717) is 6.04 Å². The van der Waals surface area contributed by atoms with Crippen molar-refractivity contribution in [1.29, 1.82) is 0 Å². The normalized spacial score (nSPS) is 19.4. The molecular weight excluding hydrogens is 156 g/mol. The van der Waals surface area contributed by atoms with Crippen molar-refractivity contribution in [2.75, 3.05) is 19.6 Å². The molecule has 4 nitrogen and oxygen atoms in total. The van der Waals surface area contributed by atoms with Gasteiger partial charge in [0.25, 0.3) is 0 Å². The molecule has 0 aromatic rings. The third-order valence-electron chi connectivity index (χ3n) is 1.96. The van der Waals surface area contributed by atoms with Crippen LogP contribution in [0.25, 0.3) is 0 Å². The van der Waals surface area contributed by atoms with E-state index in [4.69, 9.17) is 5.11 Å². The van der Waals surface area contributed by atoms with E-state index in [0.717, 1.165) is 25.7 Å². The molecule has 0 aromatic carbocycles. The summed E-state index contributed by atoms with van der Waals surface area (Å²) >= 11 is 0. The molecule has 0 atom stereocenters. The second kappa shape index (κ2) is 4.11. The van der Waals surface area contributed by atoms with Crippen LogP contribution < -0.4 is 5.32 Å². The standard InChI is InChI=1S/C8H14N2O2/c1-2-10-5-7(6-10)9-4-3-8(11)12/h3-4,7,9H,2,5-6H2,1H3,(H,11,12)/b4-3+. The molecule has 1 aliphatic rings. The van der Waals surface area contributed by atoms with Gasteiger partial charge in [-0.3, -0.25) is 4.90 Å². The third kappa shape index (κ3) is 2.54. The molecule has 0 unspecified atom stereocenters. The van der Waals surface area contributed by atoms with E-state index in [1.165, 1.54) is 6.20 Å². The molecule has 1 fully saturated rings. The van der Waals surface area contributed by atoms with Gasteiger partial charge in [-0.1, -0.05) is 6.92 Å². The number of rotatable bonds is 4. The Kier molecular flexibility index (Phi) is 3.10. The number of hydrogen-bond acceptors (Lipinski definition) is 3.